The number of halogens is 3. The van der Waals surface area contributed by atoms with Crippen molar-refractivity contribution >= 4 is 23.5 Å². The number of carbonyl (C=O) groups is 3. The van der Waals surface area contributed by atoms with Crippen molar-refractivity contribution < 1.29 is 27.6 Å². The van der Waals surface area contributed by atoms with Gasteiger partial charge in [0.1, 0.15) is 6.04 Å². The van der Waals surface area contributed by atoms with Gasteiger partial charge in [0.05, 0.1) is 11.0 Å². The van der Waals surface area contributed by atoms with E-state index in [9.17, 15) is 27.6 Å². The molecule has 8 nitrogen and oxygen atoms in total. The highest BCUT2D eigenvalue weighted by Gasteiger charge is 2.47. The van der Waals surface area contributed by atoms with E-state index in [1.165, 1.54) is 18.2 Å². The van der Waals surface area contributed by atoms with Crippen LogP contribution in [0.1, 0.15) is 63.1 Å². The van der Waals surface area contributed by atoms with Gasteiger partial charge in [0.2, 0.25) is 11.8 Å². The first kappa shape index (κ1) is 30.8. The van der Waals surface area contributed by atoms with Gasteiger partial charge < -0.3 is 25.8 Å². The van der Waals surface area contributed by atoms with Crippen LogP contribution in [0, 0.1) is 0 Å². The molecular weight excluding hydrogens is 559 g/mol. The lowest BCUT2D eigenvalue weighted by molar-refractivity contribution is -0.139. The molecule has 3 aliphatic heterocycles. The molecule has 2 saturated heterocycles. The minimum absolute atomic E-state index is 0.0184. The molecular formula is C32H40F3N5O3. The van der Waals surface area contributed by atoms with Gasteiger partial charge in [0, 0.05) is 36.8 Å². The Morgan fingerprint density at radius 2 is 1.63 bits per heavy atom. The Balaban J connectivity index is 1.32. The van der Waals surface area contributed by atoms with Crippen LogP contribution in [-0.2, 0) is 27.6 Å². The van der Waals surface area contributed by atoms with Crippen molar-refractivity contribution in [2.24, 2.45) is 0 Å². The lowest BCUT2D eigenvalue weighted by Crippen LogP contribution is -2.59. The maximum Gasteiger partial charge on any atom is 0.416 e. The Hall–Kier alpha value is -3.60. The minimum atomic E-state index is -4.60. The number of benzene rings is 2. The fourth-order valence-electron chi connectivity index (χ4n) is 6.63. The summed E-state index contributed by atoms with van der Waals surface area (Å²) in [6.45, 7) is 7.85. The number of piperidine rings is 2. The number of hydrogen-bond donors (Lipinski definition) is 3. The summed E-state index contributed by atoms with van der Waals surface area (Å²) in [5, 5.41) is 8.91. The number of likely N-dealkylation sites (tertiary alicyclic amines) is 1. The lowest BCUT2D eigenvalue weighted by Gasteiger charge is -2.39. The molecule has 0 spiro atoms. The van der Waals surface area contributed by atoms with Gasteiger partial charge in [-0.25, -0.2) is 4.79 Å². The number of rotatable bonds is 6. The van der Waals surface area contributed by atoms with Crippen molar-refractivity contribution in [1.29, 1.82) is 0 Å². The monoisotopic (exact) mass is 599 g/mol. The first-order chi connectivity index (χ1) is 20.3. The zero-order valence-corrected chi connectivity index (χ0v) is 24.9. The maximum atomic E-state index is 13.9. The topological polar surface area (TPSA) is 93.8 Å². The molecule has 3 heterocycles. The minimum Gasteiger partial charge on any atom is -0.341 e. The van der Waals surface area contributed by atoms with Crippen molar-refractivity contribution in [3.8, 4) is 0 Å². The Labute approximate surface area is 250 Å². The predicted molar refractivity (Wildman–Crippen MR) is 158 cm³/mol. The van der Waals surface area contributed by atoms with Gasteiger partial charge in [0.15, 0.2) is 0 Å². The summed E-state index contributed by atoms with van der Waals surface area (Å²) >= 11 is 0. The molecule has 232 valence electrons. The van der Waals surface area contributed by atoms with Crippen LogP contribution in [0.3, 0.4) is 0 Å². The van der Waals surface area contributed by atoms with Gasteiger partial charge in [-0.05, 0) is 82.8 Å². The molecule has 0 aromatic heterocycles. The van der Waals surface area contributed by atoms with Crippen LogP contribution >= 0.6 is 0 Å². The van der Waals surface area contributed by atoms with Crippen LogP contribution < -0.4 is 20.9 Å². The summed E-state index contributed by atoms with van der Waals surface area (Å²) in [4.78, 5) is 43.9. The summed E-state index contributed by atoms with van der Waals surface area (Å²) in [6, 6.07) is 11.0. The van der Waals surface area contributed by atoms with Crippen LogP contribution in [0.25, 0.3) is 0 Å². The summed E-state index contributed by atoms with van der Waals surface area (Å²) in [6.07, 6.45) is -2.47. The Bertz CT molecular complexity index is 1360. The number of nitrogens with zero attached hydrogens (tertiary/aromatic N) is 2. The summed E-state index contributed by atoms with van der Waals surface area (Å²) < 4.78 is 41.5. The fraction of sp³-hybridized carbons (Fsp3) is 0.531. The standard InChI is InChI=1S/C32H40F3N5O3/c1-30(2)24-10-6-7-11-26(24)40(28(30)42)22-12-18-39(19-13-22)27(41)25(20-21-8-4-5-9-23(21)32(33,34)35)37-29(43)38-31(3)14-16-36-17-15-31/h4-11,22,25,36H,12-20H2,1-3H3,(H2,37,38,43)/t25-/m0/s1. The van der Waals surface area contributed by atoms with Gasteiger partial charge in [0.25, 0.3) is 0 Å². The maximum absolute atomic E-state index is 13.9. The largest absolute Gasteiger partial charge is 0.416 e. The highest BCUT2D eigenvalue weighted by Crippen LogP contribution is 2.43. The van der Waals surface area contributed by atoms with Gasteiger partial charge >= 0.3 is 12.2 Å². The van der Waals surface area contributed by atoms with Crippen LogP contribution in [0.2, 0.25) is 0 Å². The highest BCUT2D eigenvalue weighted by molar-refractivity contribution is 6.08. The third-order valence-electron chi connectivity index (χ3n) is 9.20. The Morgan fingerprint density at radius 3 is 2.30 bits per heavy atom. The van der Waals surface area contributed by atoms with Crippen molar-refractivity contribution in [3.05, 3.63) is 65.2 Å². The second-order valence-corrected chi connectivity index (χ2v) is 12.7. The molecule has 43 heavy (non-hydrogen) atoms. The van der Waals surface area contributed by atoms with E-state index in [4.69, 9.17) is 0 Å². The van der Waals surface area contributed by atoms with Crippen molar-refractivity contribution in [1.82, 2.24) is 20.9 Å². The summed E-state index contributed by atoms with van der Waals surface area (Å²) in [5.41, 5.74) is -0.167. The Kier molecular flexibility index (Phi) is 8.48. The molecule has 3 aliphatic rings. The van der Waals surface area contributed by atoms with E-state index in [1.807, 2.05) is 49.9 Å². The number of alkyl halides is 3. The molecule has 1 atom stereocenters. The number of para-hydroxylation sites is 1. The van der Waals surface area contributed by atoms with Crippen molar-refractivity contribution in [3.63, 3.8) is 0 Å². The van der Waals surface area contributed by atoms with Crippen LogP contribution in [-0.4, -0.2) is 66.5 Å². The highest BCUT2D eigenvalue weighted by atomic mass is 19.4. The first-order valence-corrected chi connectivity index (χ1v) is 15.0. The molecule has 2 aromatic carbocycles. The molecule has 0 aliphatic carbocycles. The normalized spacial score (nSPS) is 20.8. The Morgan fingerprint density at radius 1 is 1.00 bits per heavy atom. The third kappa shape index (κ3) is 6.37. The van der Waals surface area contributed by atoms with Gasteiger partial charge in [-0.2, -0.15) is 13.2 Å². The SMILES string of the molecule is CC1(NC(=O)N[C@@H](Cc2ccccc2C(F)(F)F)C(=O)N2CCC(N3C(=O)C(C)(C)c4ccccc43)CC2)CCNCC1. The summed E-state index contributed by atoms with van der Waals surface area (Å²) in [7, 11) is 0. The number of hydrogen-bond acceptors (Lipinski definition) is 4. The van der Waals surface area contributed by atoms with Crippen molar-refractivity contribution in [2.45, 2.75) is 82.1 Å². The molecule has 0 unspecified atom stereocenters. The molecule has 0 radical (unpaired) electrons. The number of urea groups is 1. The van der Waals surface area contributed by atoms with E-state index in [1.54, 1.807) is 4.90 Å². The van der Waals surface area contributed by atoms with Gasteiger partial charge in [-0.15, -0.1) is 0 Å². The molecule has 2 aromatic rings. The van der Waals surface area contributed by atoms with Crippen LogP contribution in [0.4, 0.5) is 23.7 Å². The molecule has 2 fully saturated rings. The second kappa shape index (κ2) is 11.8. The second-order valence-electron chi connectivity index (χ2n) is 12.7. The smallest absolute Gasteiger partial charge is 0.341 e. The van der Waals surface area contributed by atoms with Crippen LogP contribution in [0.15, 0.2) is 48.5 Å². The van der Waals surface area contributed by atoms with E-state index in [2.05, 4.69) is 16.0 Å². The average Bonchev–Trinajstić information content (AvgIpc) is 3.17. The molecule has 5 rings (SSSR count). The number of fused-ring (bicyclic) bond motifs is 1. The van der Waals surface area contributed by atoms with E-state index < -0.39 is 40.7 Å². The molecule has 4 amide bonds. The number of nitrogens with one attached hydrogen (secondary N) is 3. The van der Waals surface area contributed by atoms with Crippen LogP contribution in [0.5, 0.6) is 0 Å². The predicted octanol–water partition coefficient (Wildman–Crippen LogP) is 4.37. The van der Waals surface area contributed by atoms with E-state index in [-0.39, 0.29) is 23.9 Å². The van der Waals surface area contributed by atoms with E-state index in [0.717, 1.165) is 30.4 Å². The quantitative estimate of drug-likeness (QED) is 0.460. The van der Waals surface area contributed by atoms with E-state index >= 15 is 0 Å². The average molecular weight is 600 g/mol. The number of anilines is 1. The van der Waals surface area contributed by atoms with Crippen molar-refractivity contribution in [2.75, 3.05) is 31.1 Å². The first-order valence-electron chi connectivity index (χ1n) is 15.0. The molecule has 11 heteroatoms. The number of amides is 4. The third-order valence-corrected chi connectivity index (χ3v) is 9.20. The molecule has 0 saturated carbocycles. The lowest BCUT2D eigenvalue weighted by atomic mass is 9.86. The fourth-order valence-corrected chi connectivity index (χ4v) is 6.63. The summed E-state index contributed by atoms with van der Waals surface area (Å²) in [5.74, 6) is -0.417. The zero-order chi connectivity index (χ0) is 31.0. The van der Waals surface area contributed by atoms with Gasteiger partial charge in [-0.1, -0.05) is 36.4 Å². The zero-order valence-electron chi connectivity index (χ0n) is 24.9. The van der Waals surface area contributed by atoms with E-state index in [0.29, 0.717) is 38.8 Å². The number of carbonyl (C=O) groups excluding carboxylic acids is 3. The van der Waals surface area contributed by atoms with Gasteiger partial charge in [-0.3, -0.25) is 9.59 Å². The molecule has 0 bridgehead atoms. The molecule has 3 N–H and O–H groups in total.